The fourth-order valence-electron chi connectivity index (χ4n) is 3.18. The summed E-state index contributed by atoms with van der Waals surface area (Å²) in [5.41, 5.74) is -2.73. The molecule has 1 saturated heterocycles. The monoisotopic (exact) mass is 511 g/mol. The molecule has 0 aromatic carbocycles. The Morgan fingerprint density at radius 1 is 1.03 bits per heavy atom. The first-order valence-corrected chi connectivity index (χ1v) is 11.3. The number of ether oxygens (including phenoxy) is 5. The first-order chi connectivity index (χ1) is 16.5. The molecule has 0 bridgehead atoms. The lowest BCUT2D eigenvalue weighted by Crippen LogP contribution is -2.45. The molecule has 0 spiro atoms. The van der Waals surface area contributed by atoms with Gasteiger partial charge in [-0.1, -0.05) is 0 Å². The van der Waals surface area contributed by atoms with Gasteiger partial charge in [0, 0.05) is 26.5 Å². The highest BCUT2D eigenvalue weighted by Crippen LogP contribution is 2.30. The molecule has 200 valence electrons. The third-order valence-corrected chi connectivity index (χ3v) is 4.46. The molecule has 1 aliphatic heterocycles. The van der Waals surface area contributed by atoms with Crippen LogP contribution in [0, 0.1) is 0 Å². The van der Waals surface area contributed by atoms with E-state index in [9.17, 15) is 24.0 Å². The number of hydrogen-bond donors (Lipinski definition) is 0. The van der Waals surface area contributed by atoms with Gasteiger partial charge in [0.1, 0.15) is 36.2 Å². The lowest BCUT2D eigenvalue weighted by atomic mass is 10.2. The van der Waals surface area contributed by atoms with Gasteiger partial charge in [0.25, 0.3) is 0 Å². The maximum atomic E-state index is 12.9. The molecule has 3 atom stereocenters. The molecule has 1 aromatic heterocycles. The van der Waals surface area contributed by atoms with Crippen LogP contribution in [0.5, 0.6) is 0 Å². The number of imide groups is 1. The Labute approximate surface area is 208 Å². The van der Waals surface area contributed by atoms with Crippen LogP contribution < -0.4 is 10.6 Å². The molecule has 1 aliphatic rings. The minimum absolute atomic E-state index is 0.0777. The van der Waals surface area contributed by atoms with E-state index < -0.39 is 59.5 Å². The molecular weight excluding hydrogens is 478 g/mol. The minimum atomic E-state index is -1.07. The minimum Gasteiger partial charge on any atom is -0.463 e. The number of anilines is 1. The lowest BCUT2D eigenvalue weighted by Gasteiger charge is -2.28. The highest BCUT2D eigenvalue weighted by Gasteiger charge is 2.40. The Bertz CT molecular complexity index is 1030. The number of esters is 2. The number of rotatable bonds is 5. The Hall–Kier alpha value is -3.48. The van der Waals surface area contributed by atoms with E-state index in [0.717, 1.165) is 4.57 Å². The van der Waals surface area contributed by atoms with E-state index in [-0.39, 0.29) is 18.8 Å². The number of amides is 2. The van der Waals surface area contributed by atoms with Crippen molar-refractivity contribution in [1.82, 2.24) is 9.55 Å². The second kappa shape index (κ2) is 11.1. The summed E-state index contributed by atoms with van der Waals surface area (Å²) in [7, 11) is 0. The number of hydrogen-bond acceptors (Lipinski definition) is 11. The van der Waals surface area contributed by atoms with Crippen LogP contribution >= 0.6 is 0 Å². The van der Waals surface area contributed by atoms with Gasteiger partial charge in [0.2, 0.25) is 0 Å². The van der Waals surface area contributed by atoms with Crippen LogP contribution in [0.3, 0.4) is 0 Å². The van der Waals surface area contributed by atoms with Crippen LogP contribution in [0.15, 0.2) is 17.1 Å². The number of carbonyl (C=O) groups excluding carboxylic acids is 4. The molecule has 13 nitrogen and oxygen atoms in total. The van der Waals surface area contributed by atoms with Gasteiger partial charge in [-0.25, -0.2) is 14.4 Å². The van der Waals surface area contributed by atoms with Crippen LogP contribution in [-0.4, -0.2) is 63.7 Å². The second-order valence-corrected chi connectivity index (χ2v) is 10.1. The summed E-state index contributed by atoms with van der Waals surface area (Å²) in [5, 5.41) is 0. The Kier molecular flexibility index (Phi) is 8.84. The van der Waals surface area contributed by atoms with E-state index in [1.807, 2.05) is 0 Å². The van der Waals surface area contributed by atoms with Gasteiger partial charge in [-0.3, -0.25) is 14.2 Å². The fraction of sp³-hybridized carbons (Fsp3) is 0.652. The standard InChI is InChI=1S/C23H33N3O10/c1-13(27)32-12-16-15(33-14(2)28)11-18(34-16)25-10-9-17(24-19(25)29)26(20(30)35-22(3,4)5)21(31)36-23(6,7)8/h9-10,15-16,18H,11-12H2,1-8H3/t15-,16+,18+/m0/s1. The quantitative estimate of drug-likeness (QED) is 0.423. The Balaban J connectivity index is 2.36. The van der Waals surface area contributed by atoms with E-state index in [1.165, 1.54) is 26.1 Å². The van der Waals surface area contributed by atoms with Gasteiger partial charge < -0.3 is 23.7 Å². The number of nitrogens with zero attached hydrogens (tertiary/aromatic N) is 3. The third-order valence-electron chi connectivity index (χ3n) is 4.46. The Morgan fingerprint density at radius 2 is 1.58 bits per heavy atom. The van der Waals surface area contributed by atoms with Gasteiger partial charge in [-0.2, -0.15) is 9.88 Å². The maximum Gasteiger partial charge on any atom is 0.425 e. The lowest BCUT2D eigenvalue weighted by molar-refractivity contribution is -0.155. The van der Waals surface area contributed by atoms with E-state index in [0.29, 0.717) is 4.90 Å². The molecule has 0 saturated carbocycles. The van der Waals surface area contributed by atoms with Gasteiger partial charge in [0.15, 0.2) is 5.82 Å². The molecule has 1 aromatic rings. The average Bonchev–Trinajstić information content (AvgIpc) is 3.05. The van der Waals surface area contributed by atoms with Crippen molar-refractivity contribution in [3.63, 3.8) is 0 Å². The summed E-state index contributed by atoms with van der Waals surface area (Å²) in [6.07, 6.45) is -3.30. The predicted octanol–water partition coefficient (Wildman–Crippen LogP) is 2.70. The summed E-state index contributed by atoms with van der Waals surface area (Å²) in [6, 6.07) is 1.25. The van der Waals surface area contributed by atoms with Gasteiger partial charge in [-0.15, -0.1) is 0 Å². The summed E-state index contributed by atoms with van der Waals surface area (Å²) in [6.45, 7) is 12.0. The van der Waals surface area contributed by atoms with E-state index in [2.05, 4.69) is 4.98 Å². The van der Waals surface area contributed by atoms with E-state index in [1.54, 1.807) is 41.5 Å². The molecule has 13 heteroatoms. The molecular formula is C23H33N3O10. The summed E-state index contributed by atoms with van der Waals surface area (Å²) in [4.78, 5) is 65.5. The van der Waals surface area contributed by atoms with Gasteiger partial charge in [0.05, 0.1) is 0 Å². The van der Waals surface area contributed by atoms with Crippen molar-refractivity contribution in [2.75, 3.05) is 11.5 Å². The molecule has 1 fully saturated rings. The summed E-state index contributed by atoms with van der Waals surface area (Å²) in [5.74, 6) is -1.43. The van der Waals surface area contributed by atoms with Crippen molar-refractivity contribution in [2.45, 2.75) is 91.4 Å². The summed E-state index contributed by atoms with van der Waals surface area (Å²) < 4.78 is 27.7. The van der Waals surface area contributed by atoms with Crippen molar-refractivity contribution >= 4 is 29.9 Å². The van der Waals surface area contributed by atoms with Crippen molar-refractivity contribution in [3.8, 4) is 0 Å². The molecule has 2 amide bonds. The van der Waals surface area contributed by atoms with Gasteiger partial charge in [-0.05, 0) is 47.6 Å². The highest BCUT2D eigenvalue weighted by atomic mass is 16.6. The van der Waals surface area contributed by atoms with E-state index in [4.69, 9.17) is 23.7 Å². The van der Waals surface area contributed by atoms with Crippen LogP contribution in [0.2, 0.25) is 0 Å². The topological polar surface area (TPSA) is 153 Å². The number of carbonyl (C=O) groups is 4. The molecule has 36 heavy (non-hydrogen) atoms. The normalized spacial score (nSPS) is 19.8. The van der Waals surface area contributed by atoms with Crippen LogP contribution in [-0.2, 0) is 33.3 Å². The maximum absolute atomic E-state index is 12.9. The first kappa shape index (κ1) is 28.8. The van der Waals surface area contributed by atoms with Crippen LogP contribution in [0.4, 0.5) is 15.4 Å². The molecule has 0 aliphatic carbocycles. The second-order valence-electron chi connectivity index (χ2n) is 10.1. The van der Waals surface area contributed by atoms with E-state index >= 15 is 0 Å². The van der Waals surface area contributed by atoms with Crippen molar-refractivity contribution in [3.05, 3.63) is 22.7 Å². The predicted molar refractivity (Wildman–Crippen MR) is 124 cm³/mol. The molecule has 0 N–H and O–H groups in total. The SMILES string of the molecule is CC(=O)OC[C@H]1O[C@@H](n2ccc(N(C(=O)OC(C)(C)C)C(=O)OC(C)(C)C)nc2=O)C[C@@H]1OC(C)=O. The molecule has 0 unspecified atom stereocenters. The molecule has 2 rings (SSSR count). The largest absolute Gasteiger partial charge is 0.463 e. The first-order valence-electron chi connectivity index (χ1n) is 11.3. The molecule has 2 heterocycles. The van der Waals surface area contributed by atoms with Crippen molar-refractivity contribution in [2.24, 2.45) is 0 Å². The zero-order chi connectivity index (χ0) is 27.4. The zero-order valence-corrected chi connectivity index (χ0v) is 21.7. The highest BCUT2D eigenvalue weighted by molar-refractivity contribution is 6.08. The van der Waals surface area contributed by atoms with Crippen molar-refractivity contribution < 1.29 is 42.9 Å². The molecule has 0 radical (unpaired) electrons. The zero-order valence-electron chi connectivity index (χ0n) is 21.7. The summed E-state index contributed by atoms with van der Waals surface area (Å²) >= 11 is 0. The fourth-order valence-corrected chi connectivity index (χ4v) is 3.18. The van der Waals surface area contributed by atoms with Crippen molar-refractivity contribution in [1.29, 1.82) is 0 Å². The average molecular weight is 512 g/mol. The third kappa shape index (κ3) is 8.33. The smallest absolute Gasteiger partial charge is 0.425 e. The van der Waals surface area contributed by atoms with Crippen LogP contribution in [0.25, 0.3) is 0 Å². The number of aromatic nitrogens is 2. The van der Waals surface area contributed by atoms with Gasteiger partial charge >= 0.3 is 29.8 Å². The van der Waals surface area contributed by atoms with Crippen LogP contribution in [0.1, 0.15) is 68.0 Å². The Morgan fingerprint density at radius 3 is 2.03 bits per heavy atom.